The van der Waals surface area contributed by atoms with Crippen LogP contribution in [0.3, 0.4) is 0 Å². The fourth-order valence-electron chi connectivity index (χ4n) is 2.92. The Labute approximate surface area is 124 Å². The molecule has 0 heterocycles. The summed E-state index contributed by atoms with van der Waals surface area (Å²) in [5, 5.41) is 21.5. The Morgan fingerprint density at radius 2 is 1.71 bits per heavy atom. The van der Waals surface area contributed by atoms with Crippen LogP contribution in [0.4, 0.5) is 0 Å². The molecule has 1 saturated carbocycles. The zero-order chi connectivity index (χ0) is 15.3. The highest BCUT2D eigenvalue weighted by molar-refractivity contribution is 6.04. The van der Waals surface area contributed by atoms with Gasteiger partial charge in [0, 0.05) is 12.0 Å². The summed E-state index contributed by atoms with van der Waals surface area (Å²) < 4.78 is 0. The lowest BCUT2D eigenvalue weighted by Crippen LogP contribution is -2.41. The van der Waals surface area contributed by atoms with E-state index >= 15 is 0 Å². The molecule has 0 aliphatic heterocycles. The van der Waals surface area contributed by atoms with Gasteiger partial charge in [0.1, 0.15) is 0 Å². The maximum absolute atomic E-state index is 12.2. The van der Waals surface area contributed by atoms with E-state index in [1.54, 1.807) is 12.1 Å². The second kappa shape index (κ2) is 6.72. The third-order valence-electron chi connectivity index (χ3n) is 4.28. The molecule has 0 radical (unpaired) electrons. The van der Waals surface area contributed by atoms with Gasteiger partial charge in [0.25, 0.3) is 5.91 Å². The summed E-state index contributed by atoms with van der Waals surface area (Å²) in [6.45, 7) is 0.435. The summed E-state index contributed by atoms with van der Waals surface area (Å²) in [4.78, 5) is 23.3. The van der Waals surface area contributed by atoms with E-state index in [0.717, 1.165) is 32.1 Å². The molecule has 0 atom stereocenters. The predicted molar refractivity (Wildman–Crippen MR) is 78.3 cm³/mol. The maximum Gasteiger partial charge on any atom is 0.336 e. The lowest BCUT2D eigenvalue weighted by molar-refractivity contribution is 0.0676. The summed E-state index contributed by atoms with van der Waals surface area (Å²) in [6, 6.07) is 6.16. The van der Waals surface area contributed by atoms with Gasteiger partial charge in [-0.15, -0.1) is 0 Å². The first-order valence-electron chi connectivity index (χ1n) is 7.29. The van der Waals surface area contributed by atoms with Crippen molar-refractivity contribution in [3.63, 3.8) is 0 Å². The Balaban J connectivity index is 2.06. The lowest BCUT2D eigenvalue weighted by atomic mass is 9.74. The van der Waals surface area contributed by atoms with Gasteiger partial charge in [0.2, 0.25) is 0 Å². The summed E-state index contributed by atoms with van der Waals surface area (Å²) in [7, 11) is 0. The van der Waals surface area contributed by atoms with Gasteiger partial charge in [0.15, 0.2) is 0 Å². The average molecular weight is 291 g/mol. The fraction of sp³-hybridized carbons (Fsp3) is 0.500. The van der Waals surface area contributed by atoms with Crippen LogP contribution < -0.4 is 5.32 Å². The molecule has 1 aliphatic rings. The minimum Gasteiger partial charge on any atom is -0.478 e. The van der Waals surface area contributed by atoms with E-state index in [1.165, 1.54) is 12.1 Å². The molecular weight excluding hydrogens is 270 g/mol. The fourth-order valence-corrected chi connectivity index (χ4v) is 2.92. The number of carbonyl (C=O) groups is 2. The molecule has 21 heavy (non-hydrogen) atoms. The molecule has 1 aliphatic carbocycles. The molecule has 0 saturated heterocycles. The van der Waals surface area contributed by atoms with Crippen molar-refractivity contribution in [3.05, 3.63) is 35.4 Å². The van der Waals surface area contributed by atoms with Crippen LogP contribution in [-0.2, 0) is 0 Å². The minimum absolute atomic E-state index is 0.00306. The van der Waals surface area contributed by atoms with Gasteiger partial charge in [-0.05, 0) is 25.0 Å². The van der Waals surface area contributed by atoms with Crippen molar-refractivity contribution in [3.8, 4) is 0 Å². The molecule has 0 unspecified atom stereocenters. The van der Waals surface area contributed by atoms with Crippen molar-refractivity contribution in [1.29, 1.82) is 0 Å². The third-order valence-corrected chi connectivity index (χ3v) is 4.28. The smallest absolute Gasteiger partial charge is 0.336 e. The standard InChI is InChI=1S/C16H21NO4/c18-11-16(8-4-1-5-9-16)10-17-14(19)12-6-2-3-7-13(12)15(20)21/h2-3,6-7,18H,1,4-5,8-11H2,(H,17,19)(H,20,21). The van der Waals surface area contributed by atoms with Gasteiger partial charge in [0.05, 0.1) is 17.7 Å². The van der Waals surface area contributed by atoms with E-state index in [0.29, 0.717) is 6.54 Å². The van der Waals surface area contributed by atoms with E-state index in [-0.39, 0.29) is 23.1 Å². The number of carboxylic acid groups (broad SMARTS) is 1. The highest BCUT2D eigenvalue weighted by Crippen LogP contribution is 2.35. The summed E-state index contributed by atoms with van der Waals surface area (Å²) >= 11 is 0. The molecule has 0 bridgehead atoms. The predicted octanol–water partition coefficient (Wildman–Crippen LogP) is 2.06. The van der Waals surface area contributed by atoms with Crippen LogP contribution in [0.5, 0.6) is 0 Å². The summed E-state index contributed by atoms with van der Waals surface area (Å²) in [5.74, 6) is -1.51. The number of carboxylic acids is 1. The number of amides is 1. The van der Waals surface area contributed by atoms with E-state index in [4.69, 9.17) is 5.11 Å². The summed E-state index contributed by atoms with van der Waals surface area (Å²) in [6.07, 6.45) is 5.07. The first-order chi connectivity index (χ1) is 10.1. The van der Waals surface area contributed by atoms with Crippen molar-refractivity contribution < 1.29 is 19.8 Å². The molecule has 5 heteroatoms. The molecule has 0 aromatic heterocycles. The second-order valence-electron chi connectivity index (χ2n) is 5.75. The molecule has 0 spiro atoms. The molecule has 3 N–H and O–H groups in total. The number of aromatic carboxylic acids is 1. The van der Waals surface area contributed by atoms with Crippen LogP contribution >= 0.6 is 0 Å². The Hall–Kier alpha value is -1.88. The number of rotatable bonds is 5. The Bertz CT molecular complexity index is 521. The zero-order valence-corrected chi connectivity index (χ0v) is 12.0. The average Bonchev–Trinajstić information content (AvgIpc) is 2.53. The zero-order valence-electron chi connectivity index (χ0n) is 12.0. The van der Waals surface area contributed by atoms with Gasteiger partial charge in [-0.2, -0.15) is 0 Å². The highest BCUT2D eigenvalue weighted by atomic mass is 16.4. The van der Waals surface area contributed by atoms with Crippen LogP contribution in [0.15, 0.2) is 24.3 Å². The van der Waals surface area contributed by atoms with Crippen molar-refractivity contribution in [2.75, 3.05) is 13.2 Å². The number of benzene rings is 1. The molecule has 1 amide bonds. The van der Waals surface area contributed by atoms with Gasteiger partial charge >= 0.3 is 5.97 Å². The van der Waals surface area contributed by atoms with Crippen molar-refractivity contribution in [1.82, 2.24) is 5.32 Å². The third kappa shape index (κ3) is 3.61. The normalized spacial score (nSPS) is 17.2. The Morgan fingerprint density at radius 1 is 1.10 bits per heavy atom. The van der Waals surface area contributed by atoms with E-state index in [9.17, 15) is 14.7 Å². The monoisotopic (exact) mass is 291 g/mol. The first kappa shape index (κ1) is 15.5. The van der Waals surface area contributed by atoms with Crippen LogP contribution in [0.25, 0.3) is 0 Å². The van der Waals surface area contributed by atoms with Crippen molar-refractivity contribution >= 4 is 11.9 Å². The quantitative estimate of drug-likeness (QED) is 0.775. The molecule has 1 aromatic carbocycles. The number of aliphatic hydroxyl groups excluding tert-OH is 1. The Kier molecular flexibility index (Phi) is 4.96. The summed E-state index contributed by atoms with van der Waals surface area (Å²) in [5.41, 5.74) is -0.0999. The van der Waals surface area contributed by atoms with Crippen LogP contribution in [-0.4, -0.2) is 35.2 Å². The van der Waals surface area contributed by atoms with E-state index in [1.807, 2.05) is 0 Å². The number of hydrogen-bond acceptors (Lipinski definition) is 3. The van der Waals surface area contributed by atoms with E-state index < -0.39 is 11.9 Å². The Morgan fingerprint density at radius 3 is 2.29 bits per heavy atom. The molecule has 2 rings (SSSR count). The molecular formula is C16H21NO4. The van der Waals surface area contributed by atoms with Crippen LogP contribution in [0.1, 0.15) is 52.8 Å². The van der Waals surface area contributed by atoms with Gasteiger partial charge in [-0.1, -0.05) is 31.4 Å². The highest BCUT2D eigenvalue weighted by Gasteiger charge is 2.32. The molecule has 114 valence electrons. The van der Waals surface area contributed by atoms with Gasteiger partial charge < -0.3 is 15.5 Å². The minimum atomic E-state index is -1.12. The van der Waals surface area contributed by atoms with Crippen LogP contribution in [0.2, 0.25) is 0 Å². The maximum atomic E-state index is 12.2. The topological polar surface area (TPSA) is 86.6 Å². The number of carbonyl (C=O) groups excluding carboxylic acids is 1. The van der Waals surface area contributed by atoms with Gasteiger partial charge in [-0.3, -0.25) is 4.79 Å². The first-order valence-corrected chi connectivity index (χ1v) is 7.29. The number of hydrogen-bond donors (Lipinski definition) is 3. The van der Waals surface area contributed by atoms with Crippen LogP contribution in [0, 0.1) is 5.41 Å². The largest absolute Gasteiger partial charge is 0.478 e. The SMILES string of the molecule is O=C(O)c1ccccc1C(=O)NCC1(CO)CCCCC1. The lowest BCUT2D eigenvalue weighted by Gasteiger charge is -2.35. The second-order valence-corrected chi connectivity index (χ2v) is 5.75. The van der Waals surface area contributed by atoms with Gasteiger partial charge in [-0.25, -0.2) is 4.79 Å². The molecule has 5 nitrogen and oxygen atoms in total. The van der Waals surface area contributed by atoms with E-state index in [2.05, 4.69) is 5.32 Å². The number of nitrogens with one attached hydrogen (secondary N) is 1. The van der Waals surface area contributed by atoms with Crippen molar-refractivity contribution in [2.45, 2.75) is 32.1 Å². The number of aliphatic hydroxyl groups is 1. The van der Waals surface area contributed by atoms with Crippen molar-refractivity contribution in [2.24, 2.45) is 5.41 Å². The molecule has 1 aromatic rings. The molecule has 1 fully saturated rings.